The van der Waals surface area contributed by atoms with Crippen LogP contribution in [0, 0.1) is 0 Å². The molecular weight excluding hydrogens is 206 g/mol. The molecule has 1 unspecified atom stereocenters. The monoisotopic (exact) mass is 215 g/mol. The summed E-state index contributed by atoms with van der Waals surface area (Å²) in [5, 5.41) is 9.68. The lowest BCUT2D eigenvalue weighted by Gasteiger charge is -2.30. The van der Waals surface area contributed by atoms with E-state index in [4.69, 9.17) is 14.7 Å². The maximum Gasteiger partial charge on any atom is 0.372 e. The predicted octanol–water partition coefficient (Wildman–Crippen LogP) is -0.732. The van der Waals surface area contributed by atoms with Gasteiger partial charge in [0.2, 0.25) is 0 Å². The van der Waals surface area contributed by atoms with E-state index in [-0.39, 0.29) is 25.9 Å². The lowest BCUT2D eigenvalue weighted by molar-refractivity contribution is -0.256. The zero-order chi connectivity index (χ0) is 11.1. The molecule has 2 saturated heterocycles. The lowest BCUT2D eigenvalue weighted by Crippen LogP contribution is -2.54. The highest BCUT2D eigenvalue weighted by Crippen LogP contribution is 2.33. The van der Waals surface area contributed by atoms with Gasteiger partial charge in [0, 0.05) is 6.42 Å². The standard InChI is InChI=1S/C8H9NO6/c10-5-2-4-14-9(5)8(7(12)13)3-1-6(11)15-8/h1-4H2,(H,12,13). The van der Waals surface area contributed by atoms with Crippen LogP contribution in [0.5, 0.6) is 0 Å². The molecule has 2 rings (SSSR count). The molecule has 0 aliphatic carbocycles. The molecule has 1 atom stereocenters. The van der Waals surface area contributed by atoms with Crippen LogP contribution < -0.4 is 0 Å². The van der Waals surface area contributed by atoms with Crippen molar-refractivity contribution in [2.75, 3.05) is 6.61 Å². The number of aliphatic carboxylic acids is 1. The molecule has 2 aliphatic heterocycles. The Hall–Kier alpha value is -1.63. The number of ether oxygens (including phenoxy) is 1. The van der Waals surface area contributed by atoms with Gasteiger partial charge in [-0.25, -0.2) is 4.79 Å². The average molecular weight is 215 g/mol. The van der Waals surface area contributed by atoms with Crippen molar-refractivity contribution in [1.29, 1.82) is 0 Å². The number of carboxylic acid groups (broad SMARTS) is 1. The molecule has 0 aromatic carbocycles. The van der Waals surface area contributed by atoms with Crippen molar-refractivity contribution in [2.24, 2.45) is 0 Å². The molecule has 0 bridgehead atoms. The summed E-state index contributed by atoms with van der Waals surface area (Å²) in [7, 11) is 0. The normalized spacial score (nSPS) is 30.8. The number of hydrogen-bond acceptors (Lipinski definition) is 5. The van der Waals surface area contributed by atoms with E-state index < -0.39 is 23.6 Å². The van der Waals surface area contributed by atoms with Gasteiger partial charge in [-0.05, 0) is 0 Å². The number of carbonyl (C=O) groups is 3. The molecule has 82 valence electrons. The molecule has 0 aromatic heterocycles. The topological polar surface area (TPSA) is 93.1 Å². The van der Waals surface area contributed by atoms with Gasteiger partial charge in [-0.1, -0.05) is 0 Å². The van der Waals surface area contributed by atoms with E-state index in [2.05, 4.69) is 0 Å². The fraction of sp³-hybridized carbons (Fsp3) is 0.625. The third-order valence-corrected chi connectivity index (χ3v) is 2.38. The Labute approximate surface area is 84.5 Å². The number of carboxylic acids is 1. The van der Waals surface area contributed by atoms with E-state index in [0.29, 0.717) is 5.06 Å². The minimum Gasteiger partial charge on any atom is -0.477 e. The van der Waals surface area contributed by atoms with Crippen molar-refractivity contribution in [2.45, 2.75) is 25.0 Å². The highest BCUT2D eigenvalue weighted by atomic mass is 16.7. The molecule has 7 heteroatoms. The van der Waals surface area contributed by atoms with Gasteiger partial charge < -0.3 is 9.84 Å². The molecule has 0 aromatic rings. The predicted molar refractivity (Wildman–Crippen MR) is 43.1 cm³/mol. The van der Waals surface area contributed by atoms with Gasteiger partial charge in [-0.3, -0.25) is 14.4 Å². The summed E-state index contributed by atoms with van der Waals surface area (Å²) in [5.41, 5.74) is -1.95. The van der Waals surface area contributed by atoms with E-state index in [0.717, 1.165) is 0 Å². The minimum atomic E-state index is -1.95. The first kappa shape index (κ1) is 9.91. The number of cyclic esters (lactones) is 1. The van der Waals surface area contributed by atoms with Crippen LogP contribution in [0.3, 0.4) is 0 Å². The van der Waals surface area contributed by atoms with Gasteiger partial charge in [0.15, 0.2) is 0 Å². The highest BCUT2D eigenvalue weighted by molar-refractivity contribution is 5.90. The van der Waals surface area contributed by atoms with E-state index in [9.17, 15) is 14.4 Å². The molecule has 2 aliphatic rings. The first-order valence-corrected chi connectivity index (χ1v) is 4.47. The number of esters is 1. The van der Waals surface area contributed by atoms with E-state index in [1.165, 1.54) is 0 Å². The number of nitrogens with zero attached hydrogens (tertiary/aromatic N) is 1. The fourth-order valence-corrected chi connectivity index (χ4v) is 1.65. The zero-order valence-electron chi connectivity index (χ0n) is 7.76. The van der Waals surface area contributed by atoms with Crippen LogP contribution in [-0.4, -0.2) is 40.3 Å². The highest BCUT2D eigenvalue weighted by Gasteiger charge is 2.57. The number of hydroxylamine groups is 2. The molecular formula is C8H9NO6. The summed E-state index contributed by atoms with van der Waals surface area (Å²) in [4.78, 5) is 38.2. The third-order valence-electron chi connectivity index (χ3n) is 2.38. The van der Waals surface area contributed by atoms with Crippen molar-refractivity contribution in [3.8, 4) is 0 Å². The molecule has 2 fully saturated rings. The van der Waals surface area contributed by atoms with Crippen molar-refractivity contribution in [3.05, 3.63) is 0 Å². The van der Waals surface area contributed by atoms with Gasteiger partial charge in [0.25, 0.3) is 5.91 Å². The van der Waals surface area contributed by atoms with Crippen LogP contribution in [0.2, 0.25) is 0 Å². The van der Waals surface area contributed by atoms with Gasteiger partial charge in [0.1, 0.15) is 0 Å². The largest absolute Gasteiger partial charge is 0.477 e. The quantitative estimate of drug-likeness (QED) is 0.610. The van der Waals surface area contributed by atoms with Crippen LogP contribution in [0.15, 0.2) is 0 Å². The average Bonchev–Trinajstić information content (AvgIpc) is 2.72. The summed E-state index contributed by atoms with van der Waals surface area (Å²) in [6.45, 7) is 0.116. The second-order valence-electron chi connectivity index (χ2n) is 3.33. The van der Waals surface area contributed by atoms with Gasteiger partial charge >= 0.3 is 17.7 Å². The first-order valence-electron chi connectivity index (χ1n) is 4.47. The maximum absolute atomic E-state index is 11.3. The molecule has 1 N–H and O–H groups in total. The number of carbonyl (C=O) groups excluding carboxylic acids is 2. The van der Waals surface area contributed by atoms with Gasteiger partial charge in [-0.15, -0.1) is 0 Å². The fourth-order valence-electron chi connectivity index (χ4n) is 1.65. The Morgan fingerprint density at radius 1 is 1.40 bits per heavy atom. The second-order valence-corrected chi connectivity index (χ2v) is 3.33. The number of hydrogen-bond donors (Lipinski definition) is 1. The van der Waals surface area contributed by atoms with Crippen LogP contribution in [0.25, 0.3) is 0 Å². The summed E-state index contributed by atoms with van der Waals surface area (Å²) >= 11 is 0. The smallest absolute Gasteiger partial charge is 0.372 e. The van der Waals surface area contributed by atoms with Crippen molar-refractivity contribution in [1.82, 2.24) is 5.06 Å². The molecule has 0 radical (unpaired) electrons. The minimum absolute atomic E-state index is 0.0283. The van der Waals surface area contributed by atoms with E-state index in [1.807, 2.05) is 0 Å². The van der Waals surface area contributed by atoms with Gasteiger partial charge in [-0.2, -0.15) is 5.06 Å². The Kier molecular flexibility index (Phi) is 2.11. The molecule has 0 saturated carbocycles. The second kappa shape index (κ2) is 3.20. The van der Waals surface area contributed by atoms with Crippen LogP contribution in [-0.2, 0) is 24.0 Å². The summed E-state index contributed by atoms with van der Waals surface area (Å²) in [6.07, 6.45) is -0.00106. The van der Waals surface area contributed by atoms with E-state index >= 15 is 0 Å². The van der Waals surface area contributed by atoms with E-state index in [1.54, 1.807) is 0 Å². The molecule has 2 heterocycles. The number of rotatable bonds is 2. The van der Waals surface area contributed by atoms with Crippen LogP contribution in [0.4, 0.5) is 0 Å². The SMILES string of the molecule is O=C1CCC(C(=O)O)(N2OCCC2=O)O1. The molecule has 15 heavy (non-hydrogen) atoms. The Bertz CT molecular complexity index is 340. The maximum atomic E-state index is 11.3. The third kappa shape index (κ3) is 1.35. The molecule has 0 spiro atoms. The summed E-state index contributed by atoms with van der Waals surface area (Å²) in [5.74, 6) is -2.50. The van der Waals surface area contributed by atoms with Crippen molar-refractivity contribution < 1.29 is 29.1 Å². The Balaban J connectivity index is 2.30. The summed E-state index contributed by atoms with van der Waals surface area (Å²) < 4.78 is 4.71. The first-order chi connectivity index (χ1) is 7.06. The van der Waals surface area contributed by atoms with Crippen molar-refractivity contribution >= 4 is 17.8 Å². The van der Waals surface area contributed by atoms with Crippen LogP contribution in [0.1, 0.15) is 19.3 Å². The summed E-state index contributed by atoms with van der Waals surface area (Å²) in [6, 6.07) is 0. The zero-order valence-corrected chi connectivity index (χ0v) is 7.76. The van der Waals surface area contributed by atoms with Gasteiger partial charge in [0.05, 0.1) is 19.4 Å². The lowest BCUT2D eigenvalue weighted by atomic mass is 10.1. The Morgan fingerprint density at radius 3 is 2.53 bits per heavy atom. The van der Waals surface area contributed by atoms with Crippen LogP contribution >= 0.6 is 0 Å². The van der Waals surface area contributed by atoms with Crippen molar-refractivity contribution in [3.63, 3.8) is 0 Å². The Morgan fingerprint density at radius 2 is 2.13 bits per heavy atom. The molecule has 1 amide bonds. The number of amides is 1. The molecule has 7 nitrogen and oxygen atoms in total.